The van der Waals surface area contributed by atoms with Crippen LogP contribution in [0.4, 0.5) is 5.82 Å². The van der Waals surface area contributed by atoms with Crippen molar-refractivity contribution in [2.75, 3.05) is 11.9 Å². The molecule has 0 aromatic carbocycles. The summed E-state index contributed by atoms with van der Waals surface area (Å²) >= 11 is 13.5. The zero-order valence-corrected chi connectivity index (χ0v) is 11.9. The molecule has 0 aliphatic carbocycles. The fraction of sp³-hybridized carbons (Fsp3) is 0.182. The van der Waals surface area contributed by atoms with E-state index in [4.69, 9.17) is 23.2 Å². The Morgan fingerprint density at radius 3 is 2.78 bits per heavy atom. The van der Waals surface area contributed by atoms with Crippen molar-refractivity contribution in [2.45, 2.75) is 17.0 Å². The third-order valence-electron chi connectivity index (χ3n) is 1.98. The topological polar surface area (TPSA) is 50.7 Å². The minimum absolute atomic E-state index is 0.498. The zero-order valence-electron chi connectivity index (χ0n) is 9.52. The summed E-state index contributed by atoms with van der Waals surface area (Å²) in [6.45, 7) is 2.71. The van der Waals surface area contributed by atoms with Gasteiger partial charge in [0.2, 0.25) is 0 Å². The van der Waals surface area contributed by atoms with E-state index in [0.29, 0.717) is 20.9 Å². The summed E-state index contributed by atoms with van der Waals surface area (Å²) in [5.41, 5.74) is 0. The SMILES string of the molecule is CCNc1nc(Sc2cnccn2)c(Cl)cc1Cl. The number of nitrogens with zero attached hydrogens (tertiary/aromatic N) is 3. The lowest BCUT2D eigenvalue weighted by atomic mass is 10.4. The van der Waals surface area contributed by atoms with Crippen molar-refractivity contribution in [2.24, 2.45) is 0 Å². The Balaban J connectivity index is 2.30. The third-order valence-corrected chi connectivity index (χ3v) is 3.60. The van der Waals surface area contributed by atoms with Crippen LogP contribution in [0.5, 0.6) is 0 Å². The monoisotopic (exact) mass is 300 g/mol. The normalized spacial score (nSPS) is 10.4. The highest BCUT2D eigenvalue weighted by Crippen LogP contribution is 2.34. The van der Waals surface area contributed by atoms with Gasteiger partial charge in [-0.15, -0.1) is 0 Å². The zero-order chi connectivity index (χ0) is 13.0. The molecule has 0 aliphatic rings. The van der Waals surface area contributed by atoms with E-state index >= 15 is 0 Å². The van der Waals surface area contributed by atoms with Crippen molar-refractivity contribution in [1.29, 1.82) is 0 Å². The summed E-state index contributed by atoms with van der Waals surface area (Å²) in [7, 11) is 0. The van der Waals surface area contributed by atoms with Gasteiger partial charge in [-0.1, -0.05) is 23.2 Å². The molecule has 2 rings (SSSR count). The van der Waals surface area contributed by atoms with Crippen LogP contribution in [-0.2, 0) is 0 Å². The highest BCUT2D eigenvalue weighted by atomic mass is 35.5. The van der Waals surface area contributed by atoms with Crippen LogP contribution in [0.3, 0.4) is 0 Å². The standard InChI is InChI=1S/C11H10Cl2N4S/c1-2-15-10-7(12)5-8(13)11(17-10)18-9-6-14-3-4-16-9/h3-6H,2H2,1H3,(H,15,17). The Kier molecular flexibility index (Phi) is 4.63. The largest absolute Gasteiger partial charge is 0.369 e. The van der Waals surface area contributed by atoms with Gasteiger partial charge in [0.15, 0.2) is 0 Å². The molecule has 1 N–H and O–H groups in total. The van der Waals surface area contributed by atoms with Crippen LogP contribution in [0.25, 0.3) is 0 Å². The molecule has 0 atom stereocenters. The summed E-state index contributed by atoms with van der Waals surface area (Å²) in [5.74, 6) is 0.620. The lowest BCUT2D eigenvalue weighted by Crippen LogP contribution is -2.01. The van der Waals surface area contributed by atoms with Gasteiger partial charge in [-0.3, -0.25) is 4.98 Å². The van der Waals surface area contributed by atoms with Gasteiger partial charge in [0.25, 0.3) is 0 Å². The van der Waals surface area contributed by atoms with Crippen LogP contribution in [-0.4, -0.2) is 21.5 Å². The molecular formula is C11H10Cl2N4S. The van der Waals surface area contributed by atoms with Crippen molar-refractivity contribution in [1.82, 2.24) is 15.0 Å². The first kappa shape index (κ1) is 13.4. The van der Waals surface area contributed by atoms with E-state index in [1.807, 2.05) is 6.92 Å². The van der Waals surface area contributed by atoms with Gasteiger partial charge in [0.05, 0.1) is 16.2 Å². The molecule has 0 saturated heterocycles. The maximum Gasteiger partial charge on any atom is 0.146 e. The first-order chi connectivity index (χ1) is 8.70. The molecular weight excluding hydrogens is 291 g/mol. The molecule has 0 amide bonds. The van der Waals surface area contributed by atoms with Crippen LogP contribution in [0.2, 0.25) is 10.0 Å². The van der Waals surface area contributed by atoms with Crippen LogP contribution < -0.4 is 5.32 Å². The van der Waals surface area contributed by atoms with E-state index in [9.17, 15) is 0 Å². The molecule has 0 spiro atoms. The molecule has 94 valence electrons. The Morgan fingerprint density at radius 2 is 2.11 bits per heavy atom. The molecule has 0 saturated carbocycles. The van der Waals surface area contributed by atoms with Crippen molar-refractivity contribution in [3.05, 3.63) is 34.7 Å². The van der Waals surface area contributed by atoms with Crippen molar-refractivity contribution in [3.63, 3.8) is 0 Å². The molecule has 2 aromatic heterocycles. The van der Waals surface area contributed by atoms with Gasteiger partial charge in [-0.2, -0.15) is 0 Å². The number of nitrogens with one attached hydrogen (secondary N) is 1. The number of hydrogen-bond donors (Lipinski definition) is 1. The van der Waals surface area contributed by atoms with Gasteiger partial charge in [-0.25, -0.2) is 9.97 Å². The second-order valence-corrected chi connectivity index (χ2v) is 5.11. The fourth-order valence-corrected chi connectivity index (χ4v) is 2.51. The van der Waals surface area contributed by atoms with Gasteiger partial charge in [0, 0.05) is 18.9 Å². The van der Waals surface area contributed by atoms with Gasteiger partial charge in [-0.05, 0) is 24.8 Å². The molecule has 4 nitrogen and oxygen atoms in total. The highest BCUT2D eigenvalue weighted by molar-refractivity contribution is 7.99. The Hall–Kier alpha value is -1.04. The Bertz CT molecular complexity index is 536. The molecule has 0 radical (unpaired) electrons. The Morgan fingerprint density at radius 1 is 1.28 bits per heavy atom. The summed E-state index contributed by atoms with van der Waals surface area (Å²) < 4.78 is 0. The Labute approximate surface area is 119 Å². The molecule has 0 bridgehead atoms. The van der Waals surface area contributed by atoms with Gasteiger partial charge in [0.1, 0.15) is 15.9 Å². The molecule has 0 aliphatic heterocycles. The van der Waals surface area contributed by atoms with E-state index in [0.717, 1.165) is 11.6 Å². The van der Waals surface area contributed by atoms with Gasteiger partial charge >= 0.3 is 0 Å². The quantitative estimate of drug-likeness (QED) is 0.931. The first-order valence-electron chi connectivity index (χ1n) is 5.24. The number of rotatable bonds is 4. The van der Waals surface area contributed by atoms with E-state index in [1.165, 1.54) is 11.8 Å². The summed E-state index contributed by atoms with van der Waals surface area (Å²) in [6.07, 6.45) is 4.90. The smallest absolute Gasteiger partial charge is 0.146 e. The van der Waals surface area contributed by atoms with Crippen LogP contribution in [0.1, 0.15) is 6.92 Å². The first-order valence-corrected chi connectivity index (χ1v) is 6.81. The summed E-state index contributed by atoms with van der Waals surface area (Å²) in [4.78, 5) is 12.5. The lowest BCUT2D eigenvalue weighted by molar-refractivity contribution is 1.04. The van der Waals surface area contributed by atoms with Crippen LogP contribution >= 0.6 is 35.0 Å². The van der Waals surface area contributed by atoms with Crippen LogP contribution in [0.15, 0.2) is 34.7 Å². The minimum atomic E-state index is 0.498. The molecule has 18 heavy (non-hydrogen) atoms. The van der Waals surface area contributed by atoms with Gasteiger partial charge < -0.3 is 5.32 Å². The fourth-order valence-electron chi connectivity index (χ4n) is 1.25. The number of aromatic nitrogens is 3. The number of halogens is 2. The van der Waals surface area contributed by atoms with Crippen molar-refractivity contribution < 1.29 is 0 Å². The van der Waals surface area contributed by atoms with E-state index in [2.05, 4.69) is 20.3 Å². The summed E-state index contributed by atoms with van der Waals surface area (Å²) in [5, 5.41) is 5.46. The minimum Gasteiger partial charge on any atom is -0.369 e. The lowest BCUT2D eigenvalue weighted by Gasteiger charge is -2.08. The highest BCUT2D eigenvalue weighted by Gasteiger charge is 2.10. The molecule has 2 heterocycles. The third kappa shape index (κ3) is 3.25. The molecule has 0 unspecified atom stereocenters. The molecule has 2 aromatic rings. The van der Waals surface area contributed by atoms with E-state index in [1.54, 1.807) is 24.7 Å². The predicted molar refractivity (Wildman–Crippen MR) is 74.6 cm³/mol. The predicted octanol–water partition coefficient (Wildman–Crippen LogP) is 3.76. The second-order valence-electron chi connectivity index (χ2n) is 3.28. The maximum atomic E-state index is 6.11. The molecule has 7 heteroatoms. The second kappa shape index (κ2) is 6.22. The maximum absolute atomic E-state index is 6.11. The summed E-state index contributed by atoms with van der Waals surface area (Å²) in [6, 6.07) is 1.67. The number of pyridine rings is 1. The van der Waals surface area contributed by atoms with E-state index < -0.39 is 0 Å². The average Bonchev–Trinajstić information content (AvgIpc) is 2.37. The van der Waals surface area contributed by atoms with Crippen LogP contribution in [0, 0.1) is 0 Å². The number of hydrogen-bond acceptors (Lipinski definition) is 5. The number of anilines is 1. The van der Waals surface area contributed by atoms with E-state index in [-0.39, 0.29) is 0 Å². The van der Waals surface area contributed by atoms with Crippen molar-refractivity contribution >= 4 is 40.8 Å². The van der Waals surface area contributed by atoms with Crippen molar-refractivity contribution in [3.8, 4) is 0 Å². The average molecular weight is 301 g/mol. The molecule has 0 fully saturated rings.